The molecule has 61 heavy (non-hydrogen) atoms. The highest BCUT2D eigenvalue weighted by Crippen LogP contribution is 2.46. The van der Waals surface area contributed by atoms with Crippen molar-refractivity contribution < 1.29 is 0 Å². The molecule has 0 amide bonds. The highest BCUT2D eigenvalue weighted by molar-refractivity contribution is 6.21. The van der Waals surface area contributed by atoms with Crippen molar-refractivity contribution in [1.82, 2.24) is 0 Å². The van der Waals surface area contributed by atoms with Crippen molar-refractivity contribution in [1.29, 1.82) is 0 Å². The van der Waals surface area contributed by atoms with E-state index in [0.717, 1.165) is 17.1 Å². The molecule has 0 saturated heterocycles. The second-order valence-electron chi connectivity index (χ2n) is 15.7. The van der Waals surface area contributed by atoms with Gasteiger partial charge in [0.25, 0.3) is 0 Å². The minimum Gasteiger partial charge on any atom is -0.310 e. The van der Waals surface area contributed by atoms with Crippen LogP contribution in [0, 0.1) is 0 Å². The normalized spacial score (nSPS) is 11.3. The minimum absolute atomic E-state index is 1.08. The molecule has 0 bridgehead atoms. The van der Waals surface area contributed by atoms with Crippen LogP contribution in [0.15, 0.2) is 249 Å². The second kappa shape index (κ2) is 15.6. The summed E-state index contributed by atoms with van der Waals surface area (Å²) in [6.07, 6.45) is 0. The quantitative estimate of drug-likeness (QED) is 0.139. The first-order chi connectivity index (χ1) is 30.3. The number of fused-ring (bicyclic) bond motifs is 5. The molecule has 0 aromatic heterocycles. The van der Waals surface area contributed by atoms with E-state index in [-0.39, 0.29) is 0 Å². The van der Waals surface area contributed by atoms with Gasteiger partial charge in [0.1, 0.15) is 0 Å². The molecule has 11 aromatic rings. The van der Waals surface area contributed by atoms with E-state index in [1.54, 1.807) is 0 Å². The van der Waals surface area contributed by atoms with Crippen LogP contribution in [0.1, 0.15) is 0 Å². The highest BCUT2D eigenvalue weighted by Gasteiger charge is 2.21. The van der Waals surface area contributed by atoms with Crippen molar-refractivity contribution in [2.24, 2.45) is 0 Å². The van der Waals surface area contributed by atoms with Gasteiger partial charge < -0.3 is 4.90 Å². The summed E-state index contributed by atoms with van der Waals surface area (Å²) in [7, 11) is 0. The molecule has 11 rings (SSSR count). The third kappa shape index (κ3) is 6.73. The van der Waals surface area contributed by atoms with Gasteiger partial charge in [0.15, 0.2) is 0 Å². The molecule has 1 heteroatoms. The smallest absolute Gasteiger partial charge is 0.0540 e. The molecule has 286 valence electrons. The zero-order valence-electron chi connectivity index (χ0n) is 33.6. The van der Waals surface area contributed by atoms with Gasteiger partial charge in [0.2, 0.25) is 0 Å². The van der Waals surface area contributed by atoms with Crippen LogP contribution >= 0.6 is 0 Å². The Labute approximate surface area is 357 Å². The maximum absolute atomic E-state index is 2.43. The number of benzene rings is 11. The van der Waals surface area contributed by atoms with Crippen LogP contribution in [0.4, 0.5) is 17.1 Å². The van der Waals surface area contributed by atoms with Crippen molar-refractivity contribution in [2.75, 3.05) is 4.90 Å². The van der Waals surface area contributed by atoms with Crippen LogP contribution in [-0.4, -0.2) is 0 Å². The van der Waals surface area contributed by atoms with E-state index in [0.29, 0.717) is 0 Å². The van der Waals surface area contributed by atoms with E-state index in [1.807, 2.05) is 0 Å². The van der Waals surface area contributed by atoms with E-state index in [2.05, 4.69) is 254 Å². The van der Waals surface area contributed by atoms with Gasteiger partial charge in [-0.05, 0) is 119 Å². The van der Waals surface area contributed by atoms with Gasteiger partial charge in [0.05, 0.1) is 5.69 Å². The number of nitrogens with zero attached hydrogens (tertiary/aromatic N) is 1. The highest BCUT2D eigenvalue weighted by atomic mass is 15.1. The number of para-hydroxylation sites is 1. The molecule has 0 aliphatic rings. The molecule has 0 N–H and O–H groups in total. The third-order valence-corrected chi connectivity index (χ3v) is 12.1. The number of anilines is 3. The molecule has 0 aliphatic heterocycles. The summed E-state index contributed by atoms with van der Waals surface area (Å²) in [5.74, 6) is 0. The lowest BCUT2D eigenvalue weighted by Crippen LogP contribution is -2.11. The SMILES string of the molecule is c1ccc(-c2ccc(-c3ccc(N(c4ccc(-c5cc6c7ccccc7ccc6c6ccccc56)c(-c5ccccc5)c4)c4ccccc4-c4ccccc4)cc3)cc2)cc1. The van der Waals surface area contributed by atoms with Gasteiger partial charge in [-0.3, -0.25) is 0 Å². The first-order valence-corrected chi connectivity index (χ1v) is 21.0. The van der Waals surface area contributed by atoms with Crippen molar-refractivity contribution in [3.63, 3.8) is 0 Å². The molecule has 0 heterocycles. The first-order valence-electron chi connectivity index (χ1n) is 21.0. The van der Waals surface area contributed by atoms with Crippen LogP contribution in [0.25, 0.3) is 88.0 Å². The largest absolute Gasteiger partial charge is 0.310 e. The Balaban J connectivity index is 1.10. The summed E-state index contributed by atoms with van der Waals surface area (Å²) >= 11 is 0. The third-order valence-electron chi connectivity index (χ3n) is 12.1. The molecule has 0 unspecified atom stereocenters. The van der Waals surface area contributed by atoms with Gasteiger partial charge in [-0.2, -0.15) is 0 Å². The average molecular weight is 776 g/mol. The van der Waals surface area contributed by atoms with Crippen LogP contribution in [0.3, 0.4) is 0 Å². The Morgan fingerprint density at radius 3 is 1.36 bits per heavy atom. The number of hydrogen-bond acceptors (Lipinski definition) is 1. The van der Waals surface area contributed by atoms with Gasteiger partial charge in [-0.1, -0.05) is 212 Å². The summed E-state index contributed by atoms with van der Waals surface area (Å²) in [6.45, 7) is 0. The van der Waals surface area contributed by atoms with E-state index >= 15 is 0 Å². The van der Waals surface area contributed by atoms with Crippen LogP contribution < -0.4 is 4.90 Å². The molecule has 11 aromatic carbocycles. The topological polar surface area (TPSA) is 3.24 Å². The maximum Gasteiger partial charge on any atom is 0.0540 e. The van der Waals surface area contributed by atoms with Crippen molar-refractivity contribution >= 4 is 49.4 Å². The van der Waals surface area contributed by atoms with Crippen LogP contribution in [0.5, 0.6) is 0 Å². The zero-order chi connectivity index (χ0) is 40.5. The standard InChI is InChI=1S/C60H41N/c1-4-16-42(17-5-1)43-28-30-44(31-29-43)45-32-35-49(36-33-45)61(60-27-15-14-24-52(60)46-18-6-2-7-19-46)50-37-39-56(57(40-50)47-20-8-3-9-21-47)59-41-58-51-23-11-10-22-48(51)34-38-55(58)53-25-12-13-26-54(53)59/h1-41H. The summed E-state index contributed by atoms with van der Waals surface area (Å²) in [6, 6.07) is 90.5. The predicted octanol–water partition coefficient (Wildman–Crippen LogP) is 17.0. The van der Waals surface area contributed by atoms with Gasteiger partial charge in [0, 0.05) is 16.9 Å². The number of rotatable bonds is 8. The fraction of sp³-hybridized carbons (Fsp3) is 0. The molecular weight excluding hydrogens is 735 g/mol. The lowest BCUT2D eigenvalue weighted by Gasteiger charge is -2.29. The van der Waals surface area contributed by atoms with Crippen molar-refractivity contribution in [3.8, 4) is 55.6 Å². The molecule has 0 fully saturated rings. The monoisotopic (exact) mass is 775 g/mol. The van der Waals surface area contributed by atoms with Crippen molar-refractivity contribution in [3.05, 3.63) is 249 Å². The van der Waals surface area contributed by atoms with E-state index in [9.17, 15) is 0 Å². The van der Waals surface area contributed by atoms with Crippen LogP contribution in [0.2, 0.25) is 0 Å². The van der Waals surface area contributed by atoms with E-state index < -0.39 is 0 Å². The first kappa shape index (κ1) is 36.1. The Morgan fingerprint density at radius 2 is 0.689 bits per heavy atom. The summed E-state index contributed by atoms with van der Waals surface area (Å²) in [4.78, 5) is 2.42. The summed E-state index contributed by atoms with van der Waals surface area (Å²) in [5, 5.41) is 7.56. The Hall–Kier alpha value is -8.00. The van der Waals surface area contributed by atoms with Gasteiger partial charge in [-0.15, -0.1) is 0 Å². The fourth-order valence-electron chi connectivity index (χ4n) is 9.09. The molecule has 0 atom stereocenters. The number of hydrogen-bond donors (Lipinski definition) is 0. The Bertz CT molecular complexity index is 3320. The van der Waals surface area contributed by atoms with Crippen molar-refractivity contribution in [2.45, 2.75) is 0 Å². The summed E-state index contributed by atoms with van der Waals surface area (Å²) in [5.41, 5.74) is 15.2. The maximum atomic E-state index is 2.43. The molecular formula is C60H41N. The Kier molecular flexibility index (Phi) is 9.26. The predicted molar refractivity (Wildman–Crippen MR) is 261 cm³/mol. The molecule has 0 aliphatic carbocycles. The average Bonchev–Trinajstić information content (AvgIpc) is 3.35. The second-order valence-corrected chi connectivity index (χ2v) is 15.7. The molecule has 0 radical (unpaired) electrons. The van der Waals surface area contributed by atoms with Gasteiger partial charge >= 0.3 is 0 Å². The van der Waals surface area contributed by atoms with Crippen LogP contribution in [-0.2, 0) is 0 Å². The Morgan fingerprint density at radius 1 is 0.213 bits per heavy atom. The fourth-order valence-corrected chi connectivity index (χ4v) is 9.09. The lowest BCUT2D eigenvalue weighted by atomic mass is 9.87. The molecule has 0 saturated carbocycles. The van der Waals surface area contributed by atoms with E-state index in [4.69, 9.17) is 0 Å². The minimum atomic E-state index is 1.08. The lowest BCUT2D eigenvalue weighted by molar-refractivity contribution is 1.28. The molecule has 1 nitrogen and oxygen atoms in total. The summed E-state index contributed by atoms with van der Waals surface area (Å²) < 4.78 is 0. The van der Waals surface area contributed by atoms with Gasteiger partial charge in [-0.25, -0.2) is 0 Å². The zero-order valence-corrected chi connectivity index (χ0v) is 33.6. The van der Waals surface area contributed by atoms with E-state index in [1.165, 1.54) is 88.0 Å². The molecule has 0 spiro atoms.